The van der Waals surface area contributed by atoms with E-state index >= 15 is 0 Å². The minimum Gasteiger partial charge on any atom is -0.357 e. The maximum Gasteiger partial charge on any atom is 0.251 e. The number of hydrogen-bond donors (Lipinski definition) is 1. The zero-order valence-electron chi connectivity index (χ0n) is 11.2. The Morgan fingerprint density at radius 3 is 3.00 bits per heavy atom. The van der Waals surface area contributed by atoms with Crippen molar-refractivity contribution in [2.75, 3.05) is 6.54 Å². The second-order valence-corrected chi connectivity index (χ2v) is 5.71. The fourth-order valence-electron chi connectivity index (χ4n) is 3.35. The highest BCUT2D eigenvalue weighted by Gasteiger charge is 2.44. The van der Waals surface area contributed by atoms with Crippen LogP contribution in [0.2, 0.25) is 0 Å². The molecule has 1 N–H and O–H groups in total. The number of nitrogens with zero attached hydrogens (tertiary/aromatic N) is 2. The van der Waals surface area contributed by atoms with Gasteiger partial charge in [-0.25, -0.2) is 0 Å². The highest BCUT2D eigenvalue weighted by Crippen LogP contribution is 2.34. The monoisotopic (exact) mass is 285 g/mol. The van der Waals surface area contributed by atoms with Crippen molar-refractivity contribution in [1.29, 1.82) is 0 Å². The van der Waals surface area contributed by atoms with Crippen LogP contribution in [0.5, 0.6) is 0 Å². The van der Waals surface area contributed by atoms with Gasteiger partial charge in [0.25, 0.3) is 5.91 Å². The predicted octanol–water partition coefficient (Wildman–Crippen LogP) is 2.04. The number of aromatic nitrogens is 1. The summed E-state index contributed by atoms with van der Waals surface area (Å²) in [6.45, 7) is 3.33. The molecule has 4 rings (SSSR count). The highest BCUT2D eigenvalue weighted by atomic mass is 32.1. The lowest BCUT2D eigenvalue weighted by Gasteiger charge is -2.28. The minimum atomic E-state index is -0.117. The van der Waals surface area contributed by atoms with E-state index in [1.165, 1.54) is 16.6 Å². The van der Waals surface area contributed by atoms with Gasteiger partial charge in [0.2, 0.25) is 0 Å². The van der Waals surface area contributed by atoms with Gasteiger partial charge in [-0.1, -0.05) is 18.2 Å². The van der Waals surface area contributed by atoms with E-state index in [1.807, 2.05) is 19.1 Å². The molecule has 102 valence electrons. The number of H-pyrrole nitrogens is 1. The van der Waals surface area contributed by atoms with Crippen LogP contribution in [0.1, 0.15) is 18.2 Å². The molecule has 0 saturated carbocycles. The number of amides is 1. The molecule has 2 aromatic rings. The summed E-state index contributed by atoms with van der Waals surface area (Å²) in [4.78, 5) is 19.7. The molecule has 0 spiro atoms. The molecule has 1 fully saturated rings. The Labute approximate surface area is 122 Å². The molecule has 0 unspecified atom stereocenters. The highest BCUT2D eigenvalue weighted by molar-refractivity contribution is 7.80. The van der Waals surface area contributed by atoms with E-state index < -0.39 is 0 Å². The van der Waals surface area contributed by atoms with Gasteiger partial charge in [-0.3, -0.25) is 9.69 Å². The normalized spacial score (nSPS) is 21.6. The van der Waals surface area contributed by atoms with Crippen LogP contribution in [-0.4, -0.2) is 38.4 Å². The van der Waals surface area contributed by atoms with Gasteiger partial charge in [0.05, 0.1) is 6.54 Å². The molecule has 2 aliphatic rings. The lowest BCUT2D eigenvalue weighted by atomic mass is 9.97. The minimum absolute atomic E-state index is 0.117. The maximum absolute atomic E-state index is 12.4. The van der Waals surface area contributed by atoms with Gasteiger partial charge < -0.3 is 9.88 Å². The fraction of sp³-hybridized carbons (Fsp3) is 0.333. The first-order chi connectivity index (χ1) is 9.70. The molecule has 1 amide bonds. The van der Waals surface area contributed by atoms with E-state index in [-0.39, 0.29) is 11.9 Å². The zero-order chi connectivity index (χ0) is 13.9. The van der Waals surface area contributed by atoms with Gasteiger partial charge in [-0.2, -0.15) is 0 Å². The number of thiocarbonyl (C=S) groups is 1. The van der Waals surface area contributed by atoms with Gasteiger partial charge >= 0.3 is 0 Å². The van der Waals surface area contributed by atoms with Crippen LogP contribution in [0.15, 0.2) is 24.3 Å². The number of rotatable bonds is 1. The summed E-state index contributed by atoms with van der Waals surface area (Å²) in [6, 6.07) is 8.16. The Hall–Kier alpha value is -1.88. The average molecular weight is 285 g/mol. The molecule has 1 aromatic heterocycles. The first kappa shape index (κ1) is 11.9. The largest absolute Gasteiger partial charge is 0.357 e. The molecule has 5 heteroatoms. The summed E-state index contributed by atoms with van der Waals surface area (Å²) in [5.41, 5.74) is 3.61. The summed E-state index contributed by atoms with van der Waals surface area (Å²) in [6.07, 6.45) is 0.745. The Morgan fingerprint density at radius 1 is 1.40 bits per heavy atom. The van der Waals surface area contributed by atoms with Crippen molar-refractivity contribution in [3.8, 4) is 0 Å². The van der Waals surface area contributed by atoms with Crippen molar-refractivity contribution in [3.05, 3.63) is 35.5 Å². The van der Waals surface area contributed by atoms with Crippen molar-refractivity contribution in [2.45, 2.75) is 25.9 Å². The van der Waals surface area contributed by atoms with Crippen molar-refractivity contribution in [1.82, 2.24) is 14.8 Å². The van der Waals surface area contributed by atoms with Gasteiger partial charge in [-0.05, 0) is 30.8 Å². The van der Waals surface area contributed by atoms with Gasteiger partial charge in [0.1, 0.15) is 6.04 Å². The van der Waals surface area contributed by atoms with E-state index in [9.17, 15) is 4.79 Å². The van der Waals surface area contributed by atoms with Crippen molar-refractivity contribution < 1.29 is 4.79 Å². The number of fused-ring (bicyclic) bond motifs is 4. The second-order valence-electron chi connectivity index (χ2n) is 5.34. The lowest BCUT2D eigenvalue weighted by molar-refractivity contribution is -0.128. The molecule has 0 radical (unpaired) electrons. The van der Waals surface area contributed by atoms with Crippen LogP contribution in [0.3, 0.4) is 0 Å². The van der Waals surface area contributed by atoms with Crippen molar-refractivity contribution >= 4 is 34.1 Å². The number of carbonyl (C=O) groups is 1. The average Bonchev–Trinajstić information content (AvgIpc) is 2.94. The van der Waals surface area contributed by atoms with E-state index in [0.717, 1.165) is 11.9 Å². The number of aromatic amines is 1. The maximum atomic E-state index is 12.4. The molecule has 4 nitrogen and oxygen atoms in total. The summed E-state index contributed by atoms with van der Waals surface area (Å²) in [5, 5.41) is 1.91. The van der Waals surface area contributed by atoms with Crippen molar-refractivity contribution in [2.24, 2.45) is 0 Å². The SMILES string of the molecule is CCN1C(=O)[C@@H]2Cc3c([nH]c4ccccc34)CN2C1=S. The summed E-state index contributed by atoms with van der Waals surface area (Å²) in [5.74, 6) is 0.147. The lowest BCUT2D eigenvalue weighted by Crippen LogP contribution is -2.39. The number of likely N-dealkylation sites (N-methyl/N-ethyl adjacent to an activating group) is 1. The third kappa shape index (κ3) is 1.41. The summed E-state index contributed by atoms with van der Waals surface area (Å²) in [7, 11) is 0. The molecule has 1 saturated heterocycles. The van der Waals surface area contributed by atoms with Gasteiger partial charge in [0.15, 0.2) is 5.11 Å². The molecule has 3 heterocycles. The first-order valence-corrected chi connectivity index (χ1v) is 7.32. The van der Waals surface area contributed by atoms with Crippen LogP contribution in [-0.2, 0) is 17.8 Å². The molecule has 0 bridgehead atoms. The third-order valence-corrected chi connectivity index (χ3v) is 4.80. The topological polar surface area (TPSA) is 39.3 Å². The summed E-state index contributed by atoms with van der Waals surface area (Å²) >= 11 is 5.44. The van der Waals surface area contributed by atoms with Crippen LogP contribution in [0.4, 0.5) is 0 Å². The van der Waals surface area contributed by atoms with E-state index in [2.05, 4.69) is 22.0 Å². The van der Waals surface area contributed by atoms with Crippen LogP contribution in [0, 0.1) is 0 Å². The third-order valence-electron chi connectivity index (χ3n) is 4.35. The standard InChI is InChI=1S/C15H15N3OS/c1-2-17-14(19)13-7-10-9-5-3-4-6-11(9)16-12(10)8-18(13)15(17)20/h3-6,13,16H,2,7-8H2,1H3/t13-/m0/s1. The smallest absolute Gasteiger partial charge is 0.251 e. The number of benzene rings is 1. The fourth-order valence-corrected chi connectivity index (χ4v) is 3.76. The summed E-state index contributed by atoms with van der Waals surface area (Å²) < 4.78 is 0. The zero-order valence-corrected chi connectivity index (χ0v) is 12.0. The molecule has 1 aromatic carbocycles. The Morgan fingerprint density at radius 2 is 2.20 bits per heavy atom. The predicted molar refractivity (Wildman–Crippen MR) is 81.3 cm³/mol. The quantitative estimate of drug-likeness (QED) is 0.815. The van der Waals surface area contributed by atoms with Gasteiger partial charge in [-0.15, -0.1) is 0 Å². The van der Waals surface area contributed by atoms with E-state index in [1.54, 1.807) is 4.90 Å². The van der Waals surface area contributed by atoms with E-state index in [4.69, 9.17) is 12.2 Å². The van der Waals surface area contributed by atoms with Crippen LogP contribution < -0.4 is 0 Å². The van der Waals surface area contributed by atoms with Crippen molar-refractivity contribution in [3.63, 3.8) is 0 Å². The molecule has 0 aliphatic carbocycles. The molecular weight excluding hydrogens is 270 g/mol. The molecular formula is C15H15N3OS. The first-order valence-electron chi connectivity index (χ1n) is 6.91. The Bertz CT molecular complexity index is 736. The Kier molecular flexibility index (Phi) is 2.41. The molecule has 1 atom stereocenters. The number of para-hydroxylation sites is 1. The van der Waals surface area contributed by atoms with Crippen LogP contribution >= 0.6 is 12.2 Å². The number of carbonyl (C=O) groups excluding carboxylic acids is 1. The number of nitrogens with one attached hydrogen (secondary N) is 1. The number of hydrogen-bond acceptors (Lipinski definition) is 2. The van der Waals surface area contributed by atoms with E-state index in [0.29, 0.717) is 18.2 Å². The second kappa shape index (κ2) is 4.06. The Balaban J connectivity index is 1.82. The molecule has 20 heavy (non-hydrogen) atoms. The van der Waals surface area contributed by atoms with Gasteiger partial charge in [0, 0.05) is 29.6 Å². The molecule has 2 aliphatic heterocycles. The van der Waals surface area contributed by atoms with Crippen LogP contribution in [0.25, 0.3) is 10.9 Å².